The van der Waals surface area contributed by atoms with Crippen LogP contribution in [-0.4, -0.2) is 24.0 Å². The quantitative estimate of drug-likeness (QED) is 0.726. The molecule has 0 aromatic carbocycles. The molecule has 4 nitrogen and oxygen atoms in total. The molecule has 1 heterocycles. The second kappa shape index (κ2) is 3.67. The molecule has 0 saturated heterocycles. The molecule has 1 aromatic heterocycles. The molecular weight excluding hydrogens is 154 g/mol. The average molecular weight is 169 g/mol. The molecule has 0 atom stereocenters. The number of nitrogens with zero attached hydrogens (tertiary/aromatic N) is 2. The van der Waals surface area contributed by atoms with Gasteiger partial charge in [-0.2, -0.15) is 0 Å². The van der Waals surface area contributed by atoms with Gasteiger partial charge in [-0.3, -0.25) is 0 Å². The topological polar surface area (TPSA) is 51.0 Å². The van der Waals surface area contributed by atoms with E-state index in [1.807, 2.05) is 7.05 Å². The van der Waals surface area contributed by atoms with Gasteiger partial charge in [-0.25, -0.2) is 0 Å². The van der Waals surface area contributed by atoms with Crippen molar-refractivity contribution in [3.05, 3.63) is 12.0 Å². The maximum Gasteiger partial charge on any atom is 0.147 e. The monoisotopic (exact) mass is 169 g/mol. The maximum atomic E-state index is 4.66. The highest BCUT2D eigenvalue weighted by atomic mass is 16.5. The van der Waals surface area contributed by atoms with E-state index in [4.69, 9.17) is 0 Å². The summed E-state index contributed by atoms with van der Waals surface area (Å²) in [5.41, 5.74) is 1.11. The summed E-state index contributed by atoms with van der Waals surface area (Å²) in [5, 5.41) is 10.4. The Bertz CT molecular complexity index is 218. The molecule has 0 spiro atoms. The molecule has 1 rings (SSSR count). The summed E-state index contributed by atoms with van der Waals surface area (Å²) in [7, 11) is 1.95. The number of aromatic nitrogens is 2. The van der Waals surface area contributed by atoms with Crippen molar-refractivity contribution in [1.82, 2.24) is 15.7 Å². The van der Waals surface area contributed by atoms with Crippen molar-refractivity contribution in [3.63, 3.8) is 0 Å². The molecule has 1 aromatic rings. The van der Waals surface area contributed by atoms with Gasteiger partial charge >= 0.3 is 0 Å². The van der Waals surface area contributed by atoms with Crippen LogP contribution in [0.5, 0.6) is 0 Å². The molecule has 1 N–H and O–H groups in total. The zero-order valence-electron chi connectivity index (χ0n) is 7.79. The molecule has 0 fully saturated rings. The molecule has 4 heteroatoms. The number of nitrogens with one attached hydrogen (secondary N) is 1. The fourth-order valence-corrected chi connectivity index (χ4v) is 1.29. The predicted molar refractivity (Wildman–Crippen MR) is 45.7 cm³/mol. The van der Waals surface area contributed by atoms with Crippen LogP contribution in [0, 0.1) is 5.41 Å². The number of rotatable bonds is 4. The summed E-state index contributed by atoms with van der Waals surface area (Å²) in [4.78, 5) is 0. The Hall–Kier alpha value is -0.900. The van der Waals surface area contributed by atoms with Crippen molar-refractivity contribution in [2.24, 2.45) is 5.41 Å². The van der Waals surface area contributed by atoms with Gasteiger partial charge in [0, 0.05) is 18.2 Å². The van der Waals surface area contributed by atoms with Crippen molar-refractivity contribution in [1.29, 1.82) is 0 Å². The molecular formula is C8H15N3O. The molecule has 68 valence electrons. The molecule has 0 radical (unpaired) electrons. The van der Waals surface area contributed by atoms with Crippen LogP contribution in [0.3, 0.4) is 0 Å². The Kier molecular flexibility index (Phi) is 2.81. The Morgan fingerprint density at radius 3 is 2.83 bits per heavy atom. The normalized spacial score (nSPS) is 11.9. The molecule has 0 aliphatic carbocycles. The lowest BCUT2D eigenvalue weighted by molar-refractivity contribution is 0.346. The first-order chi connectivity index (χ1) is 5.64. The highest BCUT2D eigenvalue weighted by Gasteiger charge is 2.18. The zero-order valence-corrected chi connectivity index (χ0v) is 7.79. The van der Waals surface area contributed by atoms with Crippen LogP contribution < -0.4 is 5.32 Å². The van der Waals surface area contributed by atoms with E-state index in [9.17, 15) is 0 Å². The minimum Gasteiger partial charge on any atom is -0.345 e. The third-order valence-corrected chi connectivity index (χ3v) is 1.72. The molecule has 0 unspecified atom stereocenters. The second-order valence-corrected chi connectivity index (χ2v) is 3.77. The first kappa shape index (κ1) is 9.19. The second-order valence-electron chi connectivity index (χ2n) is 3.77. The van der Waals surface area contributed by atoms with E-state index in [-0.39, 0.29) is 5.41 Å². The van der Waals surface area contributed by atoms with E-state index in [0.717, 1.165) is 18.7 Å². The third-order valence-electron chi connectivity index (χ3n) is 1.72. The van der Waals surface area contributed by atoms with Gasteiger partial charge in [-0.15, -0.1) is 5.10 Å². The van der Waals surface area contributed by atoms with E-state index < -0.39 is 0 Å². The fraction of sp³-hybridized carbons (Fsp3) is 0.750. The summed E-state index contributed by atoms with van der Waals surface area (Å²) in [6.07, 6.45) is 2.48. The van der Waals surface area contributed by atoms with Crippen LogP contribution in [0.25, 0.3) is 0 Å². The summed E-state index contributed by atoms with van der Waals surface area (Å²) < 4.78 is 4.66. The van der Waals surface area contributed by atoms with Gasteiger partial charge < -0.3 is 9.84 Å². The maximum absolute atomic E-state index is 4.66. The van der Waals surface area contributed by atoms with Crippen LogP contribution in [0.2, 0.25) is 0 Å². The van der Waals surface area contributed by atoms with Gasteiger partial charge in [-0.05, 0) is 12.5 Å². The molecule has 0 aliphatic heterocycles. The predicted octanol–water partition coefficient (Wildman–Crippen LogP) is 0.858. The van der Waals surface area contributed by atoms with E-state index in [1.165, 1.54) is 0 Å². The summed E-state index contributed by atoms with van der Waals surface area (Å²) >= 11 is 0. The van der Waals surface area contributed by atoms with Gasteiger partial charge in [0.2, 0.25) is 0 Å². The van der Waals surface area contributed by atoms with Crippen molar-refractivity contribution < 1.29 is 4.52 Å². The van der Waals surface area contributed by atoms with Crippen LogP contribution in [-0.2, 0) is 6.42 Å². The van der Waals surface area contributed by atoms with Gasteiger partial charge in [0.05, 0.1) is 0 Å². The summed E-state index contributed by atoms with van der Waals surface area (Å²) in [5.74, 6) is 0. The average Bonchev–Trinajstić information content (AvgIpc) is 2.38. The van der Waals surface area contributed by atoms with Crippen LogP contribution in [0.15, 0.2) is 10.8 Å². The standard InChI is InChI=1S/C8H15N3O/c1-8(2,6-9-3)4-7-5-12-11-10-7/h5,9H,4,6H2,1-3H3. The lowest BCUT2D eigenvalue weighted by atomic mass is 9.88. The third kappa shape index (κ3) is 2.62. The number of hydrogen-bond acceptors (Lipinski definition) is 4. The van der Waals surface area contributed by atoms with Crippen LogP contribution in [0.4, 0.5) is 0 Å². The Morgan fingerprint density at radius 1 is 1.58 bits per heavy atom. The summed E-state index contributed by atoms with van der Waals surface area (Å²) in [6, 6.07) is 0. The van der Waals surface area contributed by atoms with Gasteiger partial charge in [-0.1, -0.05) is 13.8 Å². The van der Waals surface area contributed by atoms with Gasteiger partial charge in [0.25, 0.3) is 0 Å². The summed E-state index contributed by atoms with van der Waals surface area (Å²) in [6.45, 7) is 5.32. The molecule has 12 heavy (non-hydrogen) atoms. The zero-order chi connectivity index (χ0) is 9.03. The first-order valence-electron chi connectivity index (χ1n) is 4.04. The van der Waals surface area contributed by atoms with Gasteiger partial charge in [0.1, 0.15) is 12.0 Å². The highest BCUT2D eigenvalue weighted by Crippen LogP contribution is 2.18. The smallest absolute Gasteiger partial charge is 0.147 e. The van der Waals surface area contributed by atoms with Crippen molar-refractivity contribution in [3.8, 4) is 0 Å². The molecule has 0 bridgehead atoms. The van der Waals surface area contributed by atoms with E-state index in [1.54, 1.807) is 6.26 Å². The first-order valence-corrected chi connectivity index (χ1v) is 4.04. The van der Waals surface area contributed by atoms with Crippen LogP contribution >= 0.6 is 0 Å². The highest BCUT2D eigenvalue weighted by molar-refractivity contribution is 4.94. The minimum absolute atomic E-state index is 0.202. The Labute approximate surface area is 72.3 Å². The SMILES string of the molecule is CNCC(C)(C)Cc1conn1. The fourth-order valence-electron chi connectivity index (χ4n) is 1.29. The van der Waals surface area contributed by atoms with Gasteiger partial charge in [0.15, 0.2) is 0 Å². The Balaban J connectivity index is 2.50. The van der Waals surface area contributed by atoms with E-state index in [0.29, 0.717) is 0 Å². The molecule has 0 saturated carbocycles. The van der Waals surface area contributed by atoms with E-state index >= 15 is 0 Å². The lowest BCUT2D eigenvalue weighted by Crippen LogP contribution is -2.28. The van der Waals surface area contributed by atoms with Crippen molar-refractivity contribution in [2.75, 3.05) is 13.6 Å². The lowest BCUT2D eigenvalue weighted by Gasteiger charge is -2.22. The van der Waals surface area contributed by atoms with Crippen molar-refractivity contribution in [2.45, 2.75) is 20.3 Å². The van der Waals surface area contributed by atoms with Crippen molar-refractivity contribution >= 4 is 0 Å². The number of hydrogen-bond donors (Lipinski definition) is 1. The molecule has 0 aliphatic rings. The van der Waals surface area contributed by atoms with Crippen LogP contribution in [0.1, 0.15) is 19.5 Å². The van der Waals surface area contributed by atoms with E-state index in [2.05, 4.69) is 34.1 Å². The minimum atomic E-state index is 0.202. The Morgan fingerprint density at radius 2 is 2.33 bits per heavy atom. The largest absolute Gasteiger partial charge is 0.345 e. The molecule has 0 amide bonds.